The number of hydrogen-bond acceptors (Lipinski definition) is 7. The third-order valence-corrected chi connectivity index (χ3v) is 2.74. The lowest BCUT2D eigenvalue weighted by atomic mass is 10.4. The Kier molecular flexibility index (Phi) is 2.76. The first-order chi connectivity index (χ1) is 9.03. The van der Waals surface area contributed by atoms with E-state index in [1.54, 1.807) is 0 Å². The highest BCUT2D eigenvalue weighted by molar-refractivity contribution is 5.76. The summed E-state index contributed by atoms with van der Waals surface area (Å²) in [5.41, 5.74) is 6.69. The second-order valence-electron chi connectivity index (χ2n) is 4.75. The molecule has 1 aliphatic heterocycles. The zero-order valence-electron chi connectivity index (χ0n) is 10.7. The van der Waals surface area contributed by atoms with E-state index in [1.807, 2.05) is 13.8 Å². The molecular formula is C11H15N5O3. The molecule has 3 rings (SSSR count). The van der Waals surface area contributed by atoms with Crippen LogP contribution in [-0.4, -0.2) is 45.0 Å². The number of hydrogen-bond donors (Lipinski definition) is 2. The van der Waals surface area contributed by atoms with Crippen molar-refractivity contribution in [3.8, 4) is 5.88 Å². The van der Waals surface area contributed by atoms with Crippen molar-refractivity contribution >= 4 is 17.1 Å². The average molecular weight is 265 g/mol. The first-order valence-electron chi connectivity index (χ1n) is 5.95. The van der Waals surface area contributed by atoms with Gasteiger partial charge in [0, 0.05) is 0 Å². The third-order valence-electron chi connectivity index (χ3n) is 2.74. The molecule has 0 saturated carbocycles. The summed E-state index contributed by atoms with van der Waals surface area (Å²) in [7, 11) is 0. The second-order valence-corrected chi connectivity index (χ2v) is 4.75. The van der Waals surface area contributed by atoms with Crippen molar-refractivity contribution in [3.63, 3.8) is 0 Å². The van der Waals surface area contributed by atoms with Gasteiger partial charge in [-0.15, -0.1) is 0 Å². The van der Waals surface area contributed by atoms with E-state index in [0.29, 0.717) is 30.3 Å². The van der Waals surface area contributed by atoms with Crippen LogP contribution in [-0.2, 0) is 9.47 Å². The number of ether oxygens (including phenoxy) is 3. The summed E-state index contributed by atoms with van der Waals surface area (Å²) in [4.78, 5) is 15.0. The molecular weight excluding hydrogens is 250 g/mol. The molecule has 2 aromatic heterocycles. The van der Waals surface area contributed by atoms with Gasteiger partial charge in [-0.3, -0.25) is 0 Å². The van der Waals surface area contributed by atoms with Crippen LogP contribution >= 0.6 is 0 Å². The van der Waals surface area contributed by atoms with Gasteiger partial charge in [-0.1, -0.05) is 0 Å². The topological polar surface area (TPSA) is 108 Å². The summed E-state index contributed by atoms with van der Waals surface area (Å²) < 4.78 is 16.7. The largest absolute Gasteiger partial charge is 0.473 e. The number of aromatic amines is 1. The summed E-state index contributed by atoms with van der Waals surface area (Å²) in [5, 5.41) is 0. The van der Waals surface area contributed by atoms with Gasteiger partial charge in [-0.2, -0.15) is 9.97 Å². The first kappa shape index (κ1) is 12.1. The van der Waals surface area contributed by atoms with Gasteiger partial charge >= 0.3 is 0 Å². The maximum atomic E-state index is 5.65. The number of imidazole rings is 1. The van der Waals surface area contributed by atoms with Crippen LogP contribution in [0, 0.1) is 0 Å². The maximum absolute atomic E-state index is 5.65. The molecule has 1 aliphatic rings. The van der Waals surface area contributed by atoms with E-state index in [2.05, 4.69) is 19.9 Å². The number of nitrogens with zero attached hydrogens (tertiary/aromatic N) is 3. The molecule has 0 aromatic carbocycles. The SMILES string of the molecule is CC1(C)OCC(COc2nc(N)nc3nc[nH]c23)O1. The molecule has 3 N–H and O–H groups in total. The van der Waals surface area contributed by atoms with Crippen LogP contribution in [0.5, 0.6) is 5.88 Å². The van der Waals surface area contributed by atoms with Gasteiger partial charge in [0.1, 0.15) is 18.2 Å². The van der Waals surface area contributed by atoms with Crippen LogP contribution in [0.15, 0.2) is 6.33 Å². The number of anilines is 1. The highest BCUT2D eigenvalue weighted by atomic mass is 16.7. The van der Waals surface area contributed by atoms with Crippen LogP contribution in [0.25, 0.3) is 11.2 Å². The standard InChI is InChI=1S/C11H15N5O3/c1-11(2)18-4-6(19-11)3-17-9-7-8(14-5-13-7)15-10(12)16-9/h5-6H,3-4H2,1-2H3,(H3,12,13,14,15,16). The number of fused-ring (bicyclic) bond motifs is 1. The molecule has 0 bridgehead atoms. The lowest BCUT2D eigenvalue weighted by molar-refractivity contribution is -0.141. The molecule has 0 aliphatic carbocycles. The van der Waals surface area contributed by atoms with Gasteiger partial charge in [-0.25, -0.2) is 4.98 Å². The van der Waals surface area contributed by atoms with E-state index in [4.69, 9.17) is 19.9 Å². The van der Waals surface area contributed by atoms with E-state index >= 15 is 0 Å². The summed E-state index contributed by atoms with van der Waals surface area (Å²) >= 11 is 0. The monoisotopic (exact) mass is 265 g/mol. The smallest absolute Gasteiger partial charge is 0.245 e. The second kappa shape index (κ2) is 4.32. The first-order valence-corrected chi connectivity index (χ1v) is 5.95. The predicted octanol–water partition coefficient (Wildman–Crippen LogP) is 0.465. The van der Waals surface area contributed by atoms with E-state index < -0.39 is 5.79 Å². The number of rotatable bonds is 3. The van der Waals surface area contributed by atoms with Gasteiger partial charge in [-0.05, 0) is 13.8 Å². The van der Waals surface area contributed by atoms with Crippen LogP contribution < -0.4 is 10.5 Å². The maximum Gasteiger partial charge on any atom is 0.245 e. The van der Waals surface area contributed by atoms with Crippen LogP contribution in [0.3, 0.4) is 0 Å². The Bertz CT molecular complexity index is 597. The van der Waals surface area contributed by atoms with E-state index in [1.165, 1.54) is 6.33 Å². The van der Waals surface area contributed by atoms with Crippen molar-refractivity contribution in [2.75, 3.05) is 18.9 Å². The highest BCUT2D eigenvalue weighted by Crippen LogP contribution is 2.24. The minimum absolute atomic E-state index is 0.124. The third kappa shape index (κ3) is 2.45. The summed E-state index contributed by atoms with van der Waals surface area (Å²) in [6, 6.07) is 0. The Balaban J connectivity index is 1.73. The zero-order chi connectivity index (χ0) is 13.5. The number of nitrogens with one attached hydrogen (secondary N) is 1. The van der Waals surface area contributed by atoms with Crippen molar-refractivity contribution < 1.29 is 14.2 Å². The molecule has 1 unspecified atom stereocenters. The molecule has 102 valence electrons. The van der Waals surface area contributed by atoms with Crippen molar-refractivity contribution in [1.82, 2.24) is 19.9 Å². The molecule has 2 aromatic rings. The average Bonchev–Trinajstić information content (AvgIpc) is 2.92. The Morgan fingerprint density at radius 2 is 2.37 bits per heavy atom. The minimum atomic E-state index is -0.567. The molecule has 1 atom stereocenters. The van der Waals surface area contributed by atoms with Crippen LogP contribution in [0.2, 0.25) is 0 Å². The number of nitrogens with two attached hydrogens (primary N) is 1. The molecule has 3 heterocycles. The predicted molar refractivity (Wildman–Crippen MR) is 66.5 cm³/mol. The molecule has 1 fully saturated rings. The number of H-pyrrole nitrogens is 1. The Morgan fingerprint density at radius 1 is 1.53 bits per heavy atom. The number of nitrogen functional groups attached to an aromatic ring is 1. The fourth-order valence-electron chi connectivity index (χ4n) is 1.94. The minimum Gasteiger partial charge on any atom is -0.473 e. The molecule has 1 saturated heterocycles. The summed E-state index contributed by atoms with van der Waals surface area (Å²) in [5.74, 6) is -0.0750. The van der Waals surface area contributed by atoms with E-state index in [9.17, 15) is 0 Å². The van der Waals surface area contributed by atoms with Crippen molar-refractivity contribution in [2.24, 2.45) is 0 Å². The van der Waals surface area contributed by atoms with Crippen molar-refractivity contribution in [3.05, 3.63) is 6.33 Å². The Hall–Kier alpha value is -1.93. The highest BCUT2D eigenvalue weighted by Gasteiger charge is 2.33. The molecule has 0 radical (unpaired) electrons. The fraction of sp³-hybridized carbons (Fsp3) is 0.545. The van der Waals surface area contributed by atoms with Crippen molar-refractivity contribution in [2.45, 2.75) is 25.7 Å². The van der Waals surface area contributed by atoms with Crippen LogP contribution in [0.1, 0.15) is 13.8 Å². The van der Waals surface area contributed by atoms with E-state index in [0.717, 1.165) is 0 Å². The quantitative estimate of drug-likeness (QED) is 0.830. The van der Waals surface area contributed by atoms with E-state index in [-0.39, 0.29) is 12.1 Å². The molecule has 8 nitrogen and oxygen atoms in total. The fourth-order valence-corrected chi connectivity index (χ4v) is 1.94. The number of aromatic nitrogens is 4. The summed E-state index contributed by atoms with van der Waals surface area (Å²) in [6.45, 7) is 4.54. The Labute approximate surface area is 109 Å². The lowest BCUT2D eigenvalue weighted by Gasteiger charge is -2.17. The van der Waals surface area contributed by atoms with Gasteiger partial charge in [0.25, 0.3) is 0 Å². The Morgan fingerprint density at radius 3 is 3.11 bits per heavy atom. The summed E-state index contributed by atoms with van der Waals surface area (Å²) in [6.07, 6.45) is 1.38. The van der Waals surface area contributed by atoms with Gasteiger partial charge in [0.2, 0.25) is 11.8 Å². The van der Waals surface area contributed by atoms with Crippen LogP contribution in [0.4, 0.5) is 5.95 Å². The normalized spacial score (nSPS) is 21.9. The molecule has 19 heavy (non-hydrogen) atoms. The van der Waals surface area contributed by atoms with Crippen molar-refractivity contribution in [1.29, 1.82) is 0 Å². The lowest BCUT2D eigenvalue weighted by Crippen LogP contribution is -2.25. The van der Waals surface area contributed by atoms with Gasteiger partial charge < -0.3 is 24.9 Å². The molecule has 0 spiro atoms. The molecule has 8 heteroatoms. The zero-order valence-corrected chi connectivity index (χ0v) is 10.7. The molecule has 0 amide bonds. The van der Waals surface area contributed by atoms with Gasteiger partial charge in [0.15, 0.2) is 11.4 Å². The van der Waals surface area contributed by atoms with Gasteiger partial charge in [0.05, 0.1) is 12.9 Å².